The van der Waals surface area contributed by atoms with Gasteiger partial charge >= 0.3 is 0 Å². The summed E-state index contributed by atoms with van der Waals surface area (Å²) in [7, 11) is 0. The number of aromatic nitrogens is 2. The van der Waals surface area contributed by atoms with E-state index in [1.54, 1.807) is 0 Å². The molecule has 4 aliphatic rings. The van der Waals surface area contributed by atoms with Crippen molar-refractivity contribution < 1.29 is 0 Å². The molecule has 0 saturated heterocycles. The fourth-order valence-electron chi connectivity index (χ4n) is 10.6. The van der Waals surface area contributed by atoms with Crippen LogP contribution < -0.4 is 0 Å². The number of allylic oxidation sites excluding steroid dienone is 8. The van der Waals surface area contributed by atoms with Crippen LogP contribution in [0.4, 0.5) is 0 Å². The summed E-state index contributed by atoms with van der Waals surface area (Å²) in [6.45, 7) is 9.71. The molecule has 0 radical (unpaired) electrons. The fraction of sp³-hybridized carbons (Fsp3) is 0.208. The lowest BCUT2D eigenvalue weighted by atomic mass is 9.74. The lowest BCUT2D eigenvalue weighted by Crippen LogP contribution is -2.24. The number of para-hydroxylation sites is 2. The van der Waals surface area contributed by atoms with Crippen molar-refractivity contribution in [3.63, 3.8) is 0 Å². The first kappa shape index (κ1) is 28.5. The predicted octanol–water partition coefficient (Wildman–Crippen LogP) is 12.1. The molecule has 4 aliphatic carbocycles. The van der Waals surface area contributed by atoms with Crippen LogP contribution in [0.25, 0.3) is 55.0 Å². The van der Waals surface area contributed by atoms with Crippen molar-refractivity contribution in [3.05, 3.63) is 168 Å². The Morgan fingerprint density at radius 3 is 1.26 bits per heavy atom. The molecule has 242 valence electrons. The van der Waals surface area contributed by atoms with Crippen LogP contribution in [-0.2, 0) is 10.8 Å². The predicted molar refractivity (Wildman–Crippen MR) is 210 cm³/mol. The molecular formula is C48H40N2. The van der Waals surface area contributed by atoms with E-state index in [1.807, 2.05) is 0 Å². The van der Waals surface area contributed by atoms with E-state index in [4.69, 9.17) is 0 Å². The minimum atomic E-state index is 0.0657. The van der Waals surface area contributed by atoms with Crippen molar-refractivity contribution >= 4 is 43.6 Å². The highest BCUT2D eigenvalue weighted by atomic mass is 15.0. The summed E-state index contributed by atoms with van der Waals surface area (Å²) in [5.41, 5.74) is 13.5. The molecule has 0 bridgehead atoms. The number of fused-ring (bicyclic) bond motifs is 12. The Morgan fingerprint density at radius 1 is 0.420 bits per heavy atom. The van der Waals surface area contributed by atoms with Crippen molar-refractivity contribution in [2.24, 2.45) is 11.8 Å². The van der Waals surface area contributed by atoms with Crippen LogP contribution in [0.15, 0.2) is 146 Å². The van der Waals surface area contributed by atoms with Gasteiger partial charge in [0.2, 0.25) is 0 Å². The van der Waals surface area contributed by atoms with E-state index in [0.29, 0.717) is 23.7 Å². The summed E-state index contributed by atoms with van der Waals surface area (Å²) >= 11 is 0. The molecule has 2 aromatic heterocycles. The van der Waals surface area contributed by atoms with Gasteiger partial charge in [-0.1, -0.05) is 113 Å². The Kier molecular flexibility index (Phi) is 5.51. The molecule has 0 N–H and O–H groups in total. The van der Waals surface area contributed by atoms with Crippen LogP contribution in [0, 0.1) is 11.8 Å². The molecule has 7 aromatic rings. The molecule has 0 amide bonds. The lowest BCUT2D eigenvalue weighted by molar-refractivity contribution is 0.394. The van der Waals surface area contributed by atoms with E-state index >= 15 is 0 Å². The molecule has 4 atom stereocenters. The van der Waals surface area contributed by atoms with Crippen molar-refractivity contribution in [2.45, 2.75) is 50.4 Å². The summed E-state index contributed by atoms with van der Waals surface area (Å²) in [5.74, 6) is 1.85. The summed E-state index contributed by atoms with van der Waals surface area (Å²) in [6.07, 6.45) is 18.6. The third-order valence-electron chi connectivity index (χ3n) is 13.1. The van der Waals surface area contributed by atoms with Crippen LogP contribution >= 0.6 is 0 Å². The first-order valence-electron chi connectivity index (χ1n) is 18.3. The average molecular weight is 645 g/mol. The van der Waals surface area contributed by atoms with E-state index < -0.39 is 0 Å². The summed E-state index contributed by atoms with van der Waals surface area (Å²) in [4.78, 5) is 0. The van der Waals surface area contributed by atoms with E-state index in [-0.39, 0.29) is 10.8 Å². The molecule has 0 aliphatic heterocycles. The average Bonchev–Trinajstić information content (AvgIpc) is 3.79. The topological polar surface area (TPSA) is 9.86 Å². The van der Waals surface area contributed by atoms with Gasteiger partial charge in [-0.15, -0.1) is 0 Å². The Morgan fingerprint density at radius 2 is 0.820 bits per heavy atom. The maximum absolute atomic E-state index is 2.51. The standard InChI is InChI=1S/C48H40N2/c1-47(2)39-17-9-5-13-31(39)35-25-37-33-15-7-11-19-43(33)49(45(37)27-41(35)47)29-21-23-30(24-22-29)50-44-20-12-8-16-34(44)38-26-36-32-14-6-10-18-40(32)48(3,4)42(36)28-46(38)50/h5-28,31-32,39-40H,1-4H3. The lowest BCUT2D eigenvalue weighted by Gasteiger charge is -2.29. The maximum atomic E-state index is 2.51. The Balaban J connectivity index is 1.10. The van der Waals surface area contributed by atoms with E-state index in [2.05, 4.69) is 182 Å². The van der Waals surface area contributed by atoms with Gasteiger partial charge in [-0.2, -0.15) is 0 Å². The highest BCUT2D eigenvalue weighted by Gasteiger charge is 2.46. The zero-order chi connectivity index (χ0) is 33.5. The highest BCUT2D eigenvalue weighted by molar-refractivity contribution is 6.11. The maximum Gasteiger partial charge on any atom is 0.0544 e. The van der Waals surface area contributed by atoms with Gasteiger partial charge in [0.1, 0.15) is 0 Å². The van der Waals surface area contributed by atoms with E-state index in [9.17, 15) is 0 Å². The van der Waals surface area contributed by atoms with Crippen molar-refractivity contribution in [1.82, 2.24) is 9.13 Å². The Labute approximate surface area is 293 Å². The molecule has 2 heterocycles. The van der Waals surface area contributed by atoms with E-state index in [1.165, 1.54) is 77.2 Å². The Bertz CT molecular complexity index is 2530. The Hall–Kier alpha value is -5.34. The fourth-order valence-corrected chi connectivity index (χ4v) is 10.6. The van der Waals surface area contributed by atoms with Crippen LogP contribution in [0.3, 0.4) is 0 Å². The highest BCUT2D eigenvalue weighted by Crippen LogP contribution is 2.56. The van der Waals surface area contributed by atoms with Gasteiger partial charge in [-0.05, 0) is 106 Å². The van der Waals surface area contributed by atoms with Crippen LogP contribution in [0.5, 0.6) is 0 Å². The van der Waals surface area contributed by atoms with Gasteiger partial charge in [-0.25, -0.2) is 0 Å². The molecule has 2 heteroatoms. The summed E-state index contributed by atoms with van der Waals surface area (Å²) < 4.78 is 4.98. The number of hydrogen-bond donors (Lipinski definition) is 0. The molecule has 11 rings (SSSR count). The van der Waals surface area contributed by atoms with Gasteiger partial charge in [0.15, 0.2) is 0 Å². The van der Waals surface area contributed by atoms with Crippen LogP contribution in [0.1, 0.15) is 61.8 Å². The second-order valence-electron chi connectivity index (χ2n) is 16.2. The van der Waals surface area contributed by atoms with Crippen molar-refractivity contribution in [1.29, 1.82) is 0 Å². The third kappa shape index (κ3) is 3.54. The quantitative estimate of drug-likeness (QED) is 0.177. The molecule has 2 nitrogen and oxygen atoms in total. The minimum Gasteiger partial charge on any atom is -0.309 e. The van der Waals surface area contributed by atoms with E-state index in [0.717, 1.165) is 0 Å². The molecule has 4 unspecified atom stereocenters. The second-order valence-corrected chi connectivity index (χ2v) is 16.2. The molecule has 0 saturated carbocycles. The molecule has 5 aromatic carbocycles. The summed E-state index contributed by atoms with van der Waals surface area (Å²) in [5, 5.41) is 5.31. The SMILES string of the molecule is CC1(C)c2cc3c(cc2C2C=CC=CC21)c1ccccc1n3-c1ccc(-n2c3ccccc3c3cc4c(cc32)C(C)(C)C2C=CC=CC42)cc1. The number of benzene rings is 5. The largest absolute Gasteiger partial charge is 0.309 e. The number of hydrogen-bond acceptors (Lipinski definition) is 0. The van der Waals surface area contributed by atoms with Gasteiger partial charge < -0.3 is 9.13 Å². The molecular weight excluding hydrogens is 605 g/mol. The van der Waals surface area contributed by atoms with Crippen LogP contribution in [-0.4, -0.2) is 9.13 Å². The smallest absolute Gasteiger partial charge is 0.0544 e. The summed E-state index contributed by atoms with van der Waals surface area (Å²) in [6, 6.07) is 37.2. The van der Waals surface area contributed by atoms with Crippen molar-refractivity contribution in [2.75, 3.05) is 0 Å². The zero-order valence-electron chi connectivity index (χ0n) is 29.1. The number of rotatable bonds is 2. The zero-order valence-corrected chi connectivity index (χ0v) is 29.1. The number of nitrogens with zero attached hydrogens (tertiary/aromatic N) is 2. The molecule has 0 fully saturated rings. The van der Waals surface area contributed by atoms with Crippen LogP contribution in [0.2, 0.25) is 0 Å². The minimum absolute atomic E-state index is 0.0657. The van der Waals surface area contributed by atoms with Gasteiger partial charge in [-0.3, -0.25) is 0 Å². The van der Waals surface area contributed by atoms with Gasteiger partial charge in [0.05, 0.1) is 22.1 Å². The second kappa shape index (κ2) is 9.67. The molecule has 0 spiro atoms. The molecule has 50 heavy (non-hydrogen) atoms. The normalized spacial score (nSPS) is 23.6. The van der Waals surface area contributed by atoms with Crippen molar-refractivity contribution in [3.8, 4) is 11.4 Å². The van der Waals surface area contributed by atoms with Gasteiger partial charge in [0, 0.05) is 44.8 Å². The third-order valence-corrected chi connectivity index (χ3v) is 13.1. The first-order chi connectivity index (χ1) is 24.3. The van der Waals surface area contributed by atoms with Gasteiger partial charge in [0.25, 0.3) is 0 Å². The first-order valence-corrected chi connectivity index (χ1v) is 18.3. The monoisotopic (exact) mass is 644 g/mol.